The zero-order chi connectivity index (χ0) is 14.1. The number of benzene rings is 1. The molecule has 3 aromatic rings. The van der Waals surface area contributed by atoms with Gasteiger partial charge in [0.05, 0.1) is 5.69 Å². The number of aryl methyl sites for hydroxylation is 3. The minimum atomic E-state index is 0.612. The largest absolute Gasteiger partial charge is 0.265 e. The van der Waals surface area contributed by atoms with Gasteiger partial charge in [0.1, 0.15) is 12.4 Å². The highest BCUT2D eigenvalue weighted by atomic mass is 15.4. The van der Waals surface area contributed by atoms with E-state index >= 15 is 0 Å². The summed E-state index contributed by atoms with van der Waals surface area (Å²) in [5, 5.41) is 8.76. The van der Waals surface area contributed by atoms with E-state index in [4.69, 9.17) is 0 Å². The molecule has 0 unspecified atom stereocenters. The summed E-state index contributed by atoms with van der Waals surface area (Å²) in [5.41, 5.74) is 3.47. The third-order valence-electron chi connectivity index (χ3n) is 3.24. The second-order valence-electron chi connectivity index (χ2n) is 4.98. The number of rotatable bonds is 3. The molecule has 0 saturated heterocycles. The molecule has 0 aliphatic heterocycles. The summed E-state index contributed by atoms with van der Waals surface area (Å²) < 4.78 is 3.77. The molecule has 1 aromatic carbocycles. The van der Waals surface area contributed by atoms with Crippen molar-refractivity contribution in [3.63, 3.8) is 0 Å². The van der Waals surface area contributed by atoms with Crippen LogP contribution in [0.3, 0.4) is 0 Å². The second kappa shape index (κ2) is 4.92. The van der Waals surface area contributed by atoms with Gasteiger partial charge in [-0.2, -0.15) is 10.2 Å². The van der Waals surface area contributed by atoms with Gasteiger partial charge in [-0.25, -0.2) is 9.67 Å². The molecular weight excluding hydrogens is 250 g/mol. The summed E-state index contributed by atoms with van der Waals surface area (Å²) in [7, 11) is 0. The summed E-state index contributed by atoms with van der Waals surface area (Å²) in [5.74, 6) is 1.66. The molecule has 0 saturated carbocycles. The number of hydrogen-bond acceptors (Lipinski definition) is 3. The monoisotopic (exact) mass is 267 g/mol. The maximum atomic E-state index is 4.53. The van der Waals surface area contributed by atoms with Gasteiger partial charge in [-0.05, 0) is 44.0 Å². The standard InChI is InChI=1S/C15H17N5/c1-11-5-6-12(2)14(9-11)20-15(17-13(3)18-20)10-19-8-4-7-16-19/h4-9H,10H2,1-3H3. The Morgan fingerprint density at radius 3 is 2.75 bits per heavy atom. The first kappa shape index (κ1) is 12.6. The minimum absolute atomic E-state index is 0.612. The quantitative estimate of drug-likeness (QED) is 0.732. The Labute approximate surface area is 117 Å². The molecule has 0 aliphatic rings. The summed E-state index contributed by atoms with van der Waals surface area (Å²) in [4.78, 5) is 4.52. The average molecular weight is 267 g/mol. The molecule has 0 atom stereocenters. The van der Waals surface area contributed by atoms with Gasteiger partial charge < -0.3 is 0 Å². The Morgan fingerprint density at radius 1 is 1.15 bits per heavy atom. The highest BCUT2D eigenvalue weighted by Crippen LogP contribution is 2.17. The van der Waals surface area contributed by atoms with Crippen LogP contribution >= 0.6 is 0 Å². The van der Waals surface area contributed by atoms with E-state index in [0.717, 1.165) is 17.3 Å². The van der Waals surface area contributed by atoms with E-state index in [1.54, 1.807) is 6.20 Å². The fraction of sp³-hybridized carbons (Fsp3) is 0.267. The third kappa shape index (κ3) is 2.34. The highest BCUT2D eigenvalue weighted by Gasteiger charge is 2.12. The van der Waals surface area contributed by atoms with Crippen LogP contribution in [-0.4, -0.2) is 24.5 Å². The number of nitrogens with zero attached hydrogens (tertiary/aromatic N) is 5. The van der Waals surface area contributed by atoms with Crippen LogP contribution in [0.4, 0.5) is 0 Å². The minimum Gasteiger partial charge on any atom is -0.265 e. The molecule has 0 amide bonds. The zero-order valence-electron chi connectivity index (χ0n) is 11.9. The SMILES string of the molecule is Cc1ccc(C)c(-n2nc(C)nc2Cn2cccn2)c1. The number of hydrogen-bond donors (Lipinski definition) is 0. The van der Waals surface area contributed by atoms with Gasteiger partial charge in [0.25, 0.3) is 0 Å². The van der Waals surface area contributed by atoms with Gasteiger partial charge in [0.15, 0.2) is 5.82 Å². The van der Waals surface area contributed by atoms with E-state index < -0.39 is 0 Å². The summed E-state index contributed by atoms with van der Waals surface area (Å²) in [6, 6.07) is 8.26. The smallest absolute Gasteiger partial charge is 0.154 e. The van der Waals surface area contributed by atoms with Crippen LogP contribution in [0, 0.1) is 20.8 Å². The lowest BCUT2D eigenvalue weighted by atomic mass is 10.1. The van der Waals surface area contributed by atoms with E-state index in [1.807, 2.05) is 28.6 Å². The van der Waals surface area contributed by atoms with Gasteiger partial charge >= 0.3 is 0 Å². The van der Waals surface area contributed by atoms with E-state index in [-0.39, 0.29) is 0 Å². The molecule has 2 heterocycles. The molecule has 0 bridgehead atoms. The lowest BCUT2D eigenvalue weighted by Crippen LogP contribution is -2.10. The van der Waals surface area contributed by atoms with Crippen molar-refractivity contribution in [1.82, 2.24) is 24.5 Å². The fourth-order valence-corrected chi connectivity index (χ4v) is 2.24. The predicted molar refractivity (Wildman–Crippen MR) is 76.9 cm³/mol. The van der Waals surface area contributed by atoms with Crippen molar-refractivity contribution in [3.05, 3.63) is 59.4 Å². The Bertz CT molecular complexity index is 725. The Morgan fingerprint density at radius 2 is 2.00 bits per heavy atom. The molecular formula is C15H17N5. The van der Waals surface area contributed by atoms with Crippen LogP contribution in [0.1, 0.15) is 22.8 Å². The third-order valence-corrected chi connectivity index (χ3v) is 3.24. The molecule has 3 rings (SSSR count). The molecule has 5 nitrogen and oxygen atoms in total. The van der Waals surface area contributed by atoms with Crippen LogP contribution < -0.4 is 0 Å². The molecule has 5 heteroatoms. The van der Waals surface area contributed by atoms with Crippen molar-refractivity contribution in [3.8, 4) is 5.69 Å². The van der Waals surface area contributed by atoms with Gasteiger partial charge in [-0.3, -0.25) is 4.68 Å². The average Bonchev–Trinajstić information content (AvgIpc) is 3.03. The van der Waals surface area contributed by atoms with Crippen molar-refractivity contribution in [2.75, 3.05) is 0 Å². The Balaban J connectivity index is 2.07. The van der Waals surface area contributed by atoms with Crippen LogP contribution in [0.5, 0.6) is 0 Å². The first-order valence-corrected chi connectivity index (χ1v) is 6.61. The van der Waals surface area contributed by atoms with Crippen LogP contribution in [0.25, 0.3) is 5.69 Å². The second-order valence-corrected chi connectivity index (χ2v) is 4.98. The predicted octanol–water partition coefficient (Wildman–Crippen LogP) is 2.44. The van der Waals surface area contributed by atoms with Gasteiger partial charge in [0.2, 0.25) is 0 Å². The molecule has 102 valence electrons. The first-order chi connectivity index (χ1) is 9.63. The van der Waals surface area contributed by atoms with Crippen molar-refractivity contribution in [2.24, 2.45) is 0 Å². The first-order valence-electron chi connectivity index (χ1n) is 6.61. The van der Waals surface area contributed by atoms with Crippen LogP contribution in [0.15, 0.2) is 36.7 Å². The Kier molecular flexibility index (Phi) is 3.10. The summed E-state index contributed by atoms with van der Waals surface area (Å²) in [6.45, 7) is 6.69. The van der Waals surface area contributed by atoms with E-state index in [9.17, 15) is 0 Å². The summed E-state index contributed by atoms with van der Waals surface area (Å²) in [6.07, 6.45) is 3.70. The van der Waals surface area contributed by atoms with Gasteiger partial charge in [-0.15, -0.1) is 0 Å². The van der Waals surface area contributed by atoms with Crippen molar-refractivity contribution in [2.45, 2.75) is 27.3 Å². The molecule has 0 fully saturated rings. The lowest BCUT2D eigenvalue weighted by molar-refractivity contribution is 0.634. The topological polar surface area (TPSA) is 48.5 Å². The van der Waals surface area contributed by atoms with Crippen molar-refractivity contribution < 1.29 is 0 Å². The molecule has 0 aliphatic carbocycles. The van der Waals surface area contributed by atoms with Crippen molar-refractivity contribution >= 4 is 0 Å². The molecule has 20 heavy (non-hydrogen) atoms. The maximum absolute atomic E-state index is 4.53. The Hall–Kier alpha value is -2.43. The lowest BCUT2D eigenvalue weighted by Gasteiger charge is -2.10. The highest BCUT2D eigenvalue weighted by molar-refractivity contribution is 5.43. The fourth-order valence-electron chi connectivity index (χ4n) is 2.24. The maximum Gasteiger partial charge on any atom is 0.154 e. The van der Waals surface area contributed by atoms with Crippen LogP contribution in [0.2, 0.25) is 0 Å². The molecule has 0 spiro atoms. The van der Waals surface area contributed by atoms with Gasteiger partial charge in [0, 0.05) is 12.4 Å². The molecule has 0 radical (unpaired) electrons. The number of aromatic nitrogens is 5. The zero-order valence-corrected chi connectivity index (χ0v) is 11.9. The summed E-state index contributed by atoms with van der Waals surface area (Å²) >= 11 is 0. The van der Waals surface area contributed by atoms with Gasteiger partial charge in [-0.1, -0.05) is 12.1 Å². The van der Waals surface area contributed by atoms with E-state index in [2.05, 4.69) is 47.2 Å². The molecule has 2 aromatic heterocycles. The molecule has 0 N–H and O–H groups in total. The van der Waals surface area contributed by atoms with E-state index in [0.29, 0.717) is 6.54 Å². The van der Waals surface area contributed by atoms with Crippen molar-refractivity contribution in [1.29, 1.82) is 0 Å². The van der Waals surface area contributed by atoms with E-state index in [1.165, 1.54) is 11.1 Å². The van der Waals surface area contributed by atoms with Crippen LogP contribution in [-0.2, 0) is 6.54 Å². The normalized spacial score (nSPS) is 10.9.